The number of carboxylic acids is 1. The van der Waals surface area contributed by atoms with Crippen molar-refractivity contribution in [3.8, 4) is 0 Å². The number of hydrogen-bond donors (Lipinski definition) is 2. The van der Waals surface area contributed by atoms with Gasteiger partial charge in [0.1, 0.15) is 6.04 Å². The van der Waals surface area contributed by atoms with E-state index in [9.17, 15) is 31.1 Å². The zero-order valence-electron chi connectivity index (χ0n) is 9.93. The van der Waals surface area contributed by atoms with Gasteiger partial charge in [-0.05, 0) is 25.1 Å². The maximum absolute atomic E-state index is 12.5. The zero-order chi connectivity index (χ0) is 15.7. The lowest BCUT2D eigenvalue weighted by Crippen LogP contribution is -2.26. The van der Waals surface area contributed by atoms with Gasteiger partial charge in [0.25, 0.3) is 0 Å². The Balaban J connectivity index is 3.28. The number of carbonyl (C=O) groups is 1. The molecule has 20 heavy (non-hydrogen) atoms. The molecule has 0 aliphatic carbocycles. The zero-order valence-corrected chi connectivity index (χ0v) is 9.93. The van der Waals surface area contributed by atoms with E-state index in [2.05, 4.69) is 5.32 Å². The topological polar surface area (TPSA) is 49.3 Å². The quantitative estimate of drug-likeness (QED) is 0.839. The van der Waals surface area contributed by atoms with Crippen LogP contribution in [0.3, 0.4) is 0 Å². The first-order valence-corrected chi connectivity index (χ1v) is 5.20. The van der Waals surface area contributed by atoms with Gasteiger partial charge in [-0.1, -0.05) is 0 Å². The molecule has 0 heterocycles. The van der Waals surface area contributed by atoms with Gasteiger partial charge < -0.3 is 10.4 Å². The van der Waals surface area contributed by atoms with Crippen molar-refractivity contribution in [2.45, 2.75) is 25.3 Å². The Hall–Kier alpha value is -1.93. The van der Waals surface area contributed by atoms with Crippen molar-refractivity contribution in [1.82, 2.24) is 0 Å². The van der Waals surface area contributed by atoms with E-state index in [1.807, 2.05) is 0 Å². The number of alkyl halides is 6. The van der Waals surface area contributed by atoms with Crippen molar-refractivity contribution in [2.75, 3.05) is 5.32 Å². The molecule has 0 amide bonds. The summed E-state index contributed by atoms with van der Waals surface area (Å²) in [5, 5.41) is 10.7. The average Bonchev–Trinajstić information content (AvgIpc) is 2.26. The number of benzene rings is 1. The van der Waals surface area contributed by atoms with Crippen LogP contribution in [0.4, 0.5) is 32.0 Å². The molecule has 0 saturated carbocycles. The van der Waals surface area contributed by atoms with Crippen LogP contribution in [0.15, 0.2) is 18.2 Å². The molecule has 0 saturated heterocycles. The van der Waals surface area contributed by atoms with Gasteiger partial charge in [0.05, 0.1) is 11.1 Å². The molecule has 112 valence electrons. The van der Waals surface area contributed by atoms with Crippen LogP contribution in [0.2, 0.25) is 0 Å². The lowest BCUT2D eigenvalue weighted by Gasteiger charge is -2.16. The Morgan fingerprint density at radius 3 is 1.75 bits per heavy atom. The Kier molecular flexibility index (Phi) is 4.21. The van der Waals surface area contributed by atoms with Gasteiger partial charge in [-0.15, -0.1) is 0 Å². The van der Waals surface area contributed by atoms with Crippen LogP contribution in [0.5, 0.6) is 0 Å². The molecule has 0 radical (unpaired) electrons. The molecule has 2 N–H and O–H groups in total. The Bertz CT molecular complexity index is 476. The first kappa shape index (κ1) is 16.1. The summed E-state index contributed by atoms with van der Waals surface area (Å²) in [7, 11) is 0. The highest BCUT2D eigenvalue weighted by Crippen LogP contribution is 2.37. The number of aliphatic carboxylic acids is 1. The summed E-state index contributed by atoms with van der Waals surface area (Å²) in [4.78, 5) is 10.6. The van der Waals surface area contributed by atoms with Gasteiger partial charge in [-0.2, -0.15) is 26.3 Å². The second-order valence-electron chi connectivity index (χ2n) is 4.00. The van der Waals surface area contributed by atoms with Crippen LogP contribution >= 0.6 is 0 Å². The normalized spacial score (nSPS) is 13.9. The minimum atomic E-state index is -4.97. The standard InChI is InChI=1S/C11H9F6NO2/c1-5(9(19)20)18-8-3-6(10(12,13)14)2-7(4-8)11(15,16)17/h2-5,18H,1H3,(H,19,20). The summed E-state index contributed by atoms with van der Waals surface area (Å²) < 4.78 is 75.1. The first-order chi connectivity index (χ1) is 8.91. The van der Waals surface area contributed by atoms with Crippen LogP contribution in [0, 0.1) is 0 Å². The summed E-state index contributed by atoms with van der Waals surface area (Å²) in [6, 6.07) is -0.514. The van der Waals surface area contributed by atoms with E-state index in [0.29, 0.717) is 12.1 Å². The summed E-state index contributed by atoms with van der Waals surface area (Å²) in [5.41, 5.74) is -3.58. The number of hydrogen-bond acceptors (Lipinski definition) is 2. The second kappa shape index (κ2) is 5.22. The maximum atomic E-state index is 12.5. The smallest absolute Gasteiger partial charge is 0.416 e. The number of carboxylic acid groups (broad SMARTS) is 1. The summed E-state index contributed by atoms with van der Waals surface area (Å²) in [5.74, 6) is -1.41. The molecule has 9 heteroatoms. The summed E-state index contributed by atoms with van der Waals surface area (Å²) in [6.07, 6.45) is -9.94. The van der Waals surface area contributed by atoms with Gasteiger partial charge in [-0.3, -0.25) is 4.79 Å². The predicted molar refractivity (Wildman–Crippen MR) is 57.2 cm³/mol. The Labute approximate surface area is 109 Å². The van der Waals surface area contributed by atoms with E-state index >= 15 is 0 Å². The Morgan fingerprint density at radius 2 is 1.45 bits per heavy atom. The highest BCUT2D eigenvalue weighted by Gasteiger charge is 2.37. The lowest BCUT2D eigenvalue weighted by atomic mass is 10.1. The fourth-order valence-corrected chi connectivity index (χ4v) is 1.35. The number of rotatable bonds is 3. The minimum absolute atomic E-state index is 0.0311. The highest BCUT2D eigenvalue weighted by atomic mass is 19.4. The van der Waals surface area contributed by atoms with E-state index in [0.717, 1.165) is 6.92 Å². The molecule has 0 bridgehead atoms. The molecule has 0 spiro atoms. The third kappa shape index (κ3) is 4.04. The third-order valence-electron chi connectivity index (χ3n) is 2.34. The number of nitrogens with one attached hydrogen (secondary N) is 1. The lowest BCUT2D eigenvalue weighted by molar-refractivity contribution is -0.143. The van der Waals surface area contributed by atoms with Crippen LogP contribution < -0.4 is 5.32 Å². The van der Waals surface area contributed by atoms with Gasteiger partial charge in [0.2, 0.25) is 0 Å². The minimum Gasteiger partial charge on any atom is -0.480 e. The molecule has 1 unspecified atom stereocenters. The fraction of sp³-hybridized carbons (Fsp3) is 0.364. The largest absolute Gasteiger partial charge is 0.480 e. The van der Waals surface area contributed by atoms with Gasteiger partial charge in [-0.25, -0.2) is 0 Å². The van der Waals surface area contributed by atoms with Crippen LogP contribution in [-0.2, 0) is 17.1 Å². The molecule has 0 fully saturated rings. The average molecular weight is 301 g/mol. The van der Waals surface area contributed by atoms with Crippen molar-refractivity contribution < 1.29 is 36.2 Å². The van der Waals surface area contributed by atoms with Crippen LogP contribution in [0.25, 0.3) is 0 Å². The highest BCUT2D eigenvalue weighted by molar-refractivity contribution is 5.76. The first-order valence-electron chi connectivity index (χ1n) is 5.20. The van der Waals surface area contributed by atoms with Crippen molar-refractivity contribution in [3.63, 3.8) is 0 Å². The molecule has 1 rings (SSSR count). The molecule has 0 aromatic heterocycles. The van der Waals surface area contributed by atoms with Gasteiger partial charge in [0, 0.05) is 5.69 Å². The second-order valence-corrected chi connectivity index (χ2v) is 4.00. The van der Waals surface area contributed by atoms with E-state index in [1.54, 1.807) is 0 Å². The van der Waals surface area contributed by atoms with Crippen LogP contribution in [0.1, 0.15) is 18.1 Å². The Morgan fingerprint density at radius 1 is 1.05 bits per heavy atom. The fourth-order valence-electron chi connectivity index (χ4n) is 1.35. The van der Waals surface area contributed by atoms with Crippen molar-refractivity contribution in [1.29, 1.82) is 0 Å². The SMILES string of the molecule is CC(Nc1cc(C(F)(F)F)cc(C(F)(F)F)c1)C(=O)O. The van der Waals surface area contributed by atoms with Crippen molar-refractivity contribution in [2.24, 2.45) is 0 Å². The molecule has 3 nitrogen and oxygen atoms in total. The molecule has 0 aliphatic rings. The monoisotopic (exact) mass is 301 g/mol. The summed E-state index contributed by atoms with van der Waals surface area (Å²) in [6.45, 7) is 1.09. The molecule has 0 aliphatic heterocycles. The molecule has 1 aromatic carbocycles. The molecular weight excluding hydrogens is 292 g/mol. The molecular formula is C11H9F6NO2. The van der Waals surface area contributed by atoms with E-state index in [1.165, 1.54) is 0 Å². The van der Waals surface area contributed by atoms with E-state index in [4.69, 9.17) is 5.11 Å². The van der Waals surface area contributed by atoms with Gasteiger partial charge >= 0.3 is 18.3 Å². The van der Waals surface area contributed by atoms with Crippen molar-refractivity contribution >= 4 is 11.7 Å². The number of halogens is 6. The van der Waals surface area contributed by atoms with E-state index < -0.39 is 41.2 Å². The van der Waals surface area contributed by atoms with Crippen LogP contribution in [-0.4, -0.2) is 17.1 Å². The third-order valence-corrected chi connectivity index (χ3v) is 2.34. The van der Waals surface area contributed by atoms with Crippen molar-refractivity contribution in [3.05, 3.63) is 29.3 Å². The summed E-state index contributed by atoms with van der Waals surface area (Å²) >= 11 is 0. The van der Waals surface area contributed by atoms with Gasteiger partial charge in [0.15, 0.2) is 0 Å². The molecule has 1 atom stereocenters. The molecule has 1 aromatic rings. The maximum Gasteiger partial charge on any atom is 0.416 e. The predicted octanol–water partition coefficient (Wildman–Crippen LogP) is 3.61. The van der Waals surface area contributed by atoms with E-state index in [-0.39, 0.29) is 6.07 Å². The number of anilines is 1.